The first-order valence-electron chi connectivity index (χ1n) is 6.17. The first-order chi connectivity index (χ1) is 9.12. The minimum absolute atomic E-state index is 0.259. The number of aryl methyl sites for hydroxylation is 1. The Morgan fingerprint density at radius 1 is 1.58 bits per heavy atom. The Morgan fingerprint density at radius 2 is 2.32 bits per heavy atom. The SMILES string of the molecule is CCOC(CCNc1nc(N)cc(C)c1C#N)OC. The van der Waals surface area contributed by atoms with Gasteiger partial charge in [0.2, 0.25) is 0 Å². The largest absolute Gasteiger partial charge is 0.384 e. The molecule has 1 rings (SSSR count). The van der Waals surface area contributed by atoms with Gasteiger partial charge in [-0.3, -0.25) is 0 Å². The maximum atomic E-state index is 9.11. The Bertz CT molecular complexity index is 457. The summed E-state index contributed by atoms with van der Waals surface area (Å²) in [5.74, 6) is 0.901. The summed E-state index contributed by atoms with van der Waals surface area (Å²) in [5.41, 5.74) is 7.00. The van der Waals surface area contributed by atoms with E-state index in [-0.39, 0.29) is 6.29 Å². The first kappa shape index (κ1) is 15.2. The Hall–Kier alpha value is -1.84. The van der Waals surface area contributed by atoms with Crippen molar-refractivity contribution in [3.05, 3.63) is 17.2 Å². The molecule has 0 aliphatic carbocycles. The zero-order chi connectivity index (χ0) is 14.3. The van der Waals surface area contributed by atoms with E-state index in [0.29, 0.717) is 36.8 Å². The minimum Gasteiger partial charge on any atom is -0.384 e. The molecule has 0 amide bonds. The topological polar surface area (TPSA) is 93.2 Å². The lowest BCUT2D eigenvalue weighted by Gasteiger charge is -2.16. The molecule has 1 heterocycles. The lowest BCUT2D eigenvalue weighted by molar-refractivity contribution is -0.121. The van der Waals surface area contributed by atoms with Gasteiger partial charge in [-0.1, -0.05) is 0 Å². The van der Waals surface area contributed by atoms with Crippen LogP contribution in [0.15, 0.2) is 6.07 Å². The molecule has 0 radical (unpaired) electrons. The number of hydrogen-bond donors (Lipinski definition) is 2. The predicted octanol–water partition coefficient (Wildman–Crippen LogP) is 1.65. The second-order valence-corrected chi connectivity index (χ2v) is 4.04. The number of methoxy groups -OCH3 is 1. The second-order valence-electron chi connectivity index (χ2n) is 4.04. The van der Waals surface area contributed by atoms with Gasteiger partial charge in [-0.05, 0) is 25.5 Å². The Kier molecular flexibility index (Phi) is 6.06. The van der Waals surface area contributed by atoms with Gasteiger partial charge in [-0.25, -0.2) is 4.98 Å². The van der Waals surface area contributed by atoms with Crippen LogP contribution in [0, 0.1) is 18.3 Å². The summed E-state index contributed by atoms with van der Waals surface area (Å²) in [6.07, 6.45) is 0.398. The lowest BCUT2D eigenvalue weighted by atomic mass is 10.1. The van der Waals surface area contributed by atoms with Crippen LogP contribution < -0.4 is 11.1 Å². The number of aromatic nitrogens is 1. The molecule has 1 aromatic heterocycles. The number of hydrogen-bond acceptors (Lipinski definition) is 6. The lowest BCUT2D eigenvalue weighted by Crippen LogP contribution is -2.20. The van der Waals surface area contributed by atoms with Crippen LogP contribution in [0.3, 0.4) is 0 Å². The molecule has 6 nitrogen and oxygen atoms in total. The minimum atomic E-state index is -0.259. The van der Waals surface area contributed by atoms with E-state index in [2.05, 4.69) is 16.4 Å². The average molecular weight is 264 g/mol. The van der Waals surface area contributed by atoms with Gasteiger partial charge >= 0.3 is 0 Å². The molecule has 0 bridgehead atoms. The van der Waals surface area contributed by atoms with Crippen LogP contribution >= 0.6 is 0 Å². The van der Waals surface area contributed by atoms with E-state index in [4.69, 9.17) is 20.5 Å². The quantitative estimate of drug-likeness (QED) is 0.727. The Balaban J connectivity index is 2.65. The molecule has 0 aromatic carbocycles. The monoisotopic (exact) mass is 264 g/mol. The fourth-order valence-corrected chi connectivity index (χ4v) is 1.73. The molecule has 104 valence electrons. The molecule has 3 N–H and O–H groups in total. The highest BCUT2D eigenvalue weighted by molar-refractivity contribution is 5.59. The summed E-state index contributed by atoms with van der Waals surface area (Å²) in [5, 5.41) is 12.2. The summed E-state index contributed by atoms with van der Waals surface area (Å²) >= 11 is 0. The number of nitriles is 1. The summed E-state index contributed by atoms with van der Waals surface area (Å²) in [6.45, 7) is 4.93. The number of rotatable bonds is 7. The molecule has 6 heteroatoms. The average Bonchev–Trinajstić information content (AvgIpc) is 2.37. The third-order valence-electron chi connectivity index (χ3n) is 2.64. The molecule has 0 spiro atoms. The number of ether oxygens (including phenoxy) is 2. The van der Waals surface area contributed by atoms with E-state index >= 15 is 0 Å². The number of anilines is 2. The van der Waals surface area contributed by atoms with Crippen LogP contribution in [0.5, 0.6) is 0 Å². The molecule has 0 aliphatic rings. The summed E-state index contributed by atoms with van der Waals surface area (Å²) in [6, 6.07) is 3.81. The van der Waals surface area contributed by atoms with Gasteiger partial charge in [0.25, 0.3) is 0 Å². The summed E-state index contributed by atoms with van der Waals surface area (Å²) < 4.78 is 10.5. The standard InChI is InChI=1S/C13H20N4O2/c1-4-19-12(18-3)5-6-16-13-10(8-14)9(2)7-11(15)17-13/h7,12H,4-6H2,1-3H3,(H3,15,16,17). The van der Waals surface area contributed by atoms with E-state index < -0.39 is 0 Å². The van der Waals surface area contributed by atoms with E-state index in [1.165, 1.54) is 0 Å². The van der Waals surface area contributed by atoms with Gasteiger partial charge in [0, 0.05) is 26.7 Å². The van der Waals surface area contributed by atoms with Gasteiger partial charge in [0.05, 0.1) is 5.56 Å². The second kappa shape index (κ2) is 7.56. The zero-order valence-electron chi connectivity index (χ0n) is 11.6. The number of nitrogen functional groups attached to an aromatic ring is 1. The van der Waals surface area contributed by atoms with Crippen molar-refractivity contribution in [2.24, 2.45) is 0 Å². The molecule has 0 fully saturated rings. The Labute approximate surface area is 113 Å². The van der Waals surface area contributed by atoms with Crippen LogP contribution in [0.2, 0.25) is 0 Å². The molecule has 1 aromatic rings. The van der Waals surface area contributed by atoms with Crippen molar-refractivity contribution < 1.29 is 9.47 Å². The molecule has 0 saturated heterocycles. The summed E-state index contributed by atoms with van der Waals surface area (Å²) in [7, 11) is 1.60. The predicted molar refractivity (Wildman–Crippen MR) is 73.6 cm³/mol. The zero-order valence-corrected chi connectivity index (χ0v) is 11.6. The maximum Gasteiger partial charge on any atom is 0.158 e. The highest BCUT2D eigenvalue weighted by Gasteiger charge is 2.10. The van der Waals surface area contributed by atoms with Crippen molar-refractivity contribution in [2.75, 3.05) is 31.3 Å². The van der Waals surface area contributed by atoms with Crippen molar-refractivity contribution in [1.29, 1.82) is 5.26 Å². The highest BCUT2D eigenvalue weighted by atomic mass is 16.7. The maximum absolute atomic E-state index is 9.11. The third kappa shape index (κ3) is 4.39. The third-order valence-corrected chi connectivity index (χ3v) is 2.64. The van der Waals surface area contributed by atoms with Crippen LogP contribution in [-0.4, -0.2) is 31.5 Å². The van der Waals surface area contributed by atoms with E-state index in [1.54, 1.807) is 13.2 Å². The normalized spacial score (nSPS) is 11.9. The number of pyridine rings is 1. The number of nitrogens with one attached hydrogen (secondary N) is 1. The number of nitrogens with zero attached hydrogens (tertiary/aromatic N) is 2. The fourth-order valence-electron chi connectivity index (χ4n) is 1.73. The van der Waals surface area contributed by atoms with E-state index in [1.807, 2.05) is 13.8 Å². The molecular weight excluding hydrogens is 244 g/mol. The van der Waals surface area contributed by atoms with Gasteiger partial charge in [0.15, 0.2) is 6.29 Å². The van der Waals surface area contributed by atoms with E-state index in [0.717, 1.165) is 5.56 Å². The molecule has 1 unspecified atom stereocenters. The van der Waals surface area contributed by atoms with Crippen molar-refractivity contribution in [2.45, 2.75) is 26.6 Å². The van der Waals surface area contributed by atoms with Crippen molar-refractivity contribution in [1.82, 2.24) is 4.98 Å². The smallest absolute Gasteiger partial charge is 0.158 e. The molecule has 0 saturated carbocycles. The van der Waals surface area contributed by atoms with Crippen molar-refractivity contribution in [3.8, 4) is 6.07 Å². The summed E-state index contributed by atoms with van der Waals surface area (Å²) in [4.78, 5) is 4.14. The first-order valence-corrected chi connectivity index (χ1v) is 6.17. The van der Waals surface area contributed by atoms with Gasteiger partial charge in [0.1, 0.15) is 17.7 Å². The van der Waals surface area contributed by atoms with Gasteiger partial charge < -0.3 is 20.5 Å². The highest BCUT2D eigenvalue weighted by Crippen LogP contribution is 2.18. The van der Waals surface area contributed by atoms with E-state index in [9.17, 15) is 0 Å². The molecule has 19 heavy (non-hydrogen) atoms. The molecular formula is C13H20N4O2. The Morgan fingerprint density at radius 3 is 2.89 bits per heavy atom. The van der Waals surface area contributed by atoms with Crippen LogP contribution in [-0.2, 0) is 9.47 Å². The molecule has 0 aliphatic heterocycles. The van der Waals surface area contributed by atoms with Crippen molar-refractivity contribution in [3.63, 3.8) is 0 Å². The van der Waals surface area contributed by atoms with Crippen molar-refractivity contribution >= 4 is 11.6 Å². The van der Waals surface area contributed by atoms with Crippen LogP contribution in [0.25, 0.3) is 0 Å². The van der Waals surface area contributed by atoms with Crippen LogP contribution in [0.1, 0.15) is 24.5 Å². The fraction of sp³-hybridized carbons (Fsp3) is 0.538. The number of nitrogens with two attached hydrogens (primary N) is 1. The van der Waals surface area contributed by atoms with Gasteiger partial charge in [-0.15, -0.1) is 0 Å². The molecule has 1 atom stereocenters. The van der Waals surface area contributed by atoms with Crippen LogP contribution in [0.4, 0.5) is 11.6 Å². The van der Waals surface area contributed by atoms with Gasteiger partial charge in [-0.2, -0.15) is 5.26 Å².